The van der Waals surface area contributed by atoms with Crippen molar-refractivity contribution in [2.24, 2.45) is 0 Å². The minimum Gasteiger partial charge on any atom is -0.194 e. The Balaban J connectivity index is 2.89. The van der Waals surface area contributed by atoms with E-state index in [1.54, 1.807) is 12.1 Å². The van der Waals surface area contributed by atoms with Crippen molar-refractivity contribution < 1.29 is 8.78 Å². The molecule has 1 radical (unpaired) electrons. The van der Waals surface area contributed by atoms with Crippen LogP contribution >= 0.6 is 22.6 Å². The molecule has 0 aromatic heterocycles. The molecule has 3 heteroatoms. The van der Waals surface area contributed by atoms with Crippen LogP contribution in [0.15, 0.2) is 24.3 Å². The smallest absolute Gasteiger partial charge is 0.194 e. The molecule has 0 aliphatic rings. The average Bonchev–Trinajstić information content (AvgIpc) is 1.88. The van der Waals surface area contributed by atoms with Crippen LogP contribution in [0, 0.1) is 10.00 Å². The van der Waals surface area contributed by atoms with E-state index in [4.69, 9.17) is 0 Å². The van der Waals surface area contributed by atoms with E-state index in [-0.39, 0.29) is 5.56 Å². The lowest BCUT2D eigenvalue weighted by molar-refractivity contribution is 0.325. The zero-order chi connectivity index (χ0) is 7.56. The second kappa shape index (κ2) is 3.27. The van der Waals surface area contributed by atoms with Gasteiger partial charge in [-0.15, -0.1) is 0 Å². The van der Waals surface area contributed by atoms with Gasteiger partial charge in [-0.25, -0.2) is 0 Å². The first kappa shape index (κ1) is 7.91. The Labute approximate surface area is 71.4 Å². The summed E-state index contributed by atoms with van der Waals surface area (Å²) in [5, 5.41) is 0. The monoisotopic (exact) mass is 253 g/mol. The molecule has 0 saturated carbocycles. The Morgan fingerprint density at radius 3 is 2.00 bits per heavy atom. The van der Waals surface area contributed by atoms with Crippen LogP contribution in [-0.2, 0) is 0 Å². The van der Waals surface area contributed by atoms with Crippen molar-refractivity contribution in [3.8, 4) is 0 Å². The fourth-order valence-electron chi connectivity index (χ4n) is 0.576. The van der Waals surface area contributed by atoms with E-state index in [9.17, 15) is 8.78 Å². The normalized spacial score (nSPS) is 10.4. The molecule has 0 bridgehead atoms. The molecule has 0 heterocycles. The van der Waals surface area contributed by atoms with Gasteiger partial charge in [0, 0.05) is 9.13 Å². The Morgan fingerprint density at radius 1 is 1.10 bits per heavy atom. The lowest BCUT2D eigenvalue weighted by Gasteiger charge is -1.95. The molecule has 0 amide bonds. The molecule has 0 saturated heterocycles. The van der Waals surface area contributed by atoms with Gasteiger partial charge < -0.3 is 0 Å². The van der Waals surface area contributed by atoms with E-state index in [0.717, 1.165) is 3.57 Å². The van der Waals surface area contributed by atoms with Crippen LogP contribution in [0.25, 0.3) is 0 Å². The highest BCUT2D eigenvalue weighted by Crippen LogP contribution is 2.17. The van der Waals surface area contributed by atoms with Gasteiger partial charge in [-0.2, -0.15) is 8.78 Å². The predicted octanol–water partition coefficient (Wildman–Crippen LogP) is 3.07. The van der Waals surface area contributed by atoms with Crippen molar-refractivity contribution >= 4 is 22.6 Å². The Hall–Kier alpha value is -0.190. The lowest BCUT2D eigenvalue weighted by Crippen LogP contribution is -1.83. The summed E-state index contributed by atoms with van der Waals surface area (Å²) < 4.78 is 24.6. The molecule has 0 atom stereocenters. The molecule has 0 aliphatic heterocycles. The van der Waals surface area contributed by atoms with Crippen molar-refractivity contribution in [1.29, 1.82) is 0 Å². The van der Waals surface area contributed by atoms with Crippen molar-refractivity contribution in [3.05, 3.63) is 39.8 Å². The van der Waals surface area contributed by atoms with Crippen molar-refractivity contribution in [2.45, 2.75) is 0 Å². The van der Waals surface area contributed by atoms with E-state index < -0.39 is 6.43 Å². The Morgan fingerprint density at radius 2 is 1.60 bits per heavy atom. The maximum atomic E-state index is 11.8. The summed E-state index contributed by atoms with van der Waals surface area (Å²) in [5.41, 5.74) is 0.000385. The van der Waals surface area contributed by atoms with Crippen molar-refractivity contribution in [3.63, 3.8) is 0 Å². The fraction of sp³-hybridized carbons (Fsp3) is 0. The van der Waals surface area contributed by atoms with Gasteiger partial charge in [0.05, 0.1) is 0 Å². The molecule has 53 valence electrons. The second-order valence-electron chi connectivity index (χ2n) is 1.77. The van der Waals surface area contributed by atoms with E-state index in [1.807, 2.05) is 0 Å². The zero-order valence-corrected chi connectivity index (χ0v) is 7.10. The number of benzene rings is 1. The molecular weight excluding hydrogens is 249 g/mol. The van der Waals surface area contributed by atoms with E-state index in [1.165, 1.54) is 12.1 Å². The van der Waals surface area contributed by atoms with Gasteiger partial charge in [0.15, 0.2) is 0 Å². The molecule has 0 nitrogen and oxygen atoms in total. The number of halogens is 3. The van der Waals surface area contributed by atoms with Crippen LogP contribution < -0.4 is 0 Å². The van der Waals surface area contributed by atoms with Gasteiger partial charge in [-0.1, -0.05) is 12.1 Å². The van der Waals surface area contributed by atoms with Gasteiger partial charge in [-0.05, 0) is 34.7 Å². The second-order valence-corrected chi connectivity index (χ2v) is 3.01. The SMILES string of the molecule is F[C](F)c1ccc(I)cc1. The van der Waals surface area contributed by atoms with Crippen LogP contribution in [0.2, 0.25) is 0 Å². The maximum absolute atomic E-state index is 11.8. The summed E-state index contributed by atoms with van der Waals surface area (Å²) in [4.78, 5) is 0. The van der Waals surface area contributed by atoms with Crippen molar-refractivity contribution in [2.75, 3.05) is 0 Å². The first-order valence-corrected chi connectivity index (χ1v) is 3.72. The minimum absolute atomic E-state index is 0.000385. The van der Waals surface area contributed by atoms with Crippen LogP contribution in [0.5, 0.6) is 0 Å². The zero-order valence-electron chi connectivity index (χ0n) is 4.94. The van der Waals surface area contributed by atoms with Crippen LogP contribution in [0.4, 0.5) is 8.78 Å². The quantitative estimate of drug-likeness (QED) is 0.674. The van der Waals surface area contributed by atoms with E-state index in [0.29, 0.717) is 0 Å². The van der Waals surface area contributed by atoms with Gasteiger partial charge in [-0.3, -0.25) is 0 Å². The summed E-state index contributed by atoms with van der Waals surface area (Å²) in [6, 6.07) is 6.10. The third-order valence-electron chi connectivity index (χ3n) is 1.06. The molecule has 0 fully saturated rings. The summed E-state index contributed by atoms with van der Waals surface area (Å²) in [7, 11) is 0. The third kappa shape index (κ3) is 1.90. The first-order valence-electron chi connectivity index (χ1n) is 2.64. The molecule has 0 aliphatic carbocycles. The van der Waals surface area contributed by atoms with Crippen LogP contribution in [0.1, 0.15) is 5.56 Å². The van der Waals surface area contributed by atoms with Crippen LogP contribution in [-0.4, -0.2) is 0 Å². The lowest BCUT2D eigenvalue weighted by atomic mass is 10.2. The summed E-state index contributed by atoms with van der Waals surface area (Å²) in [6.45, 7) is 0. The standard InChI is InChI=1S/C7H4F2I/c8-7(9)5-1-3-6(10)4-2-5/h1-4H. The van der Waals surface area contributed by atoms with Gasteiger partial charge in [0.25, 0.3) is 0 Å². The molecular formula is C7H4F2I. The number of hydrogen-bond acceptors (Lipinski definition) is 0. The van der Waals surface area contributed by atoms with Gasteiger partial charge >= 0.3 is 6.43 Å². The molecule has 1 aromatic rings. The average molecular weight is 253 g/mol. The highest BCUT2D eigenvalue weighted by Gasteiger charge is 2.07. The molecule has 0 unspecified atom stereocenters. The van der Waals surface area contributed by atoms with Gasteiger partial charge in [0.2, 0.25) is 0 Å². The van der Waals surface area contributed by atoms with E-state index >= 15 is 0 Å². The Kier molecular flexibility index (Phi) is 2.59. The van der Waals surface area contributed by atoms with E-state index in [2.05, 4.69) is 22.6 Å². The highest BCUT2D eigenvalue weighted by molar-refractivity contribution is 14.1. The summed E-state index contributed by atoms with van der Waals surface area (Å²) in [6.07, 6.45) is -1.63. The molecule has 0 N–H and O–H groups in total. The third-order valence-corrected chi connectivity index (χ3v) is 1.78. The maximum Gasteiger partial charge on any atom is 0.339 e. The van der Waals surface area contributed by atoms with Gasteiger partial charge in [0.1, 0.15) is 0 Å². The number of rotatable bonds is 1. The highest BCUT2D eigenvalue weighted by atomic mass is 127. The predicted molar refractivity (Wildman–Crippen MR) is 43.7 cm³/mol. The van der Waals surface area contributed by atoms with Crippen molar-refractivity contribution in [1.82, 2.24) is 0 Å². The fourth-order valence-corrected chi connectivity index (χ4v) is 0.935. The number of hydrogen-bond donors (Lipinski definition) is 0. The molecule has 1 rings (SSSR count). The minimum atomic E-state index is -1.63. The molecule has 1 aromatic carbocycles. The first-order chi connectivity index (χ1) is 4.70. The largest absolute Gasteiger partial charge is 0.339 e. The molecule has 0 spiro atoms. The summed E-state index contributed by atoms with van der Waals surface area (Å²) in [5.74, 6) is 0. The van der Waals surface area contributed by atoms with Crippen LogP contribution in [0.3, 0.4) is 0 Å². The molecule has 10 heavy (non-hydrogen) atoms. The Bertz CT molecular complexity index is 205. The topological polar surface area (TPSA) is 0 Å². The summed E-state index contributed by atoms with van der Waals surface area (Å²) >= 11 is 2.07.